The molecule has 0 aromatic carbocycles. The molecule has 2 rings (SSSR count). The van der Waals surface area contributed by atoms with Crippen LogP contribution in [0.3, 0.4) is 0 Å². The molecule has 1 saturated heterocycles. The Morgan fingerprint density at radius 3 is 2.29 bits per heavy atom. The maximum absolute atomic E-state index is 5.83. The molecule has 0 amide bonds. The van der Waals surface area contributed by atoms with Crippen molar-refractivity contribution in [3.63, 3.8) is 0 Å². The molecular weight excluding hydrogens is 210 g/mol. The molecule has 0 radical (unpaired) electrons. The van der Waals surface area contributed by atoms with Gasteiger partial charge in [0.15, 0.2) is 0 Å². The molecule has 1 fully saturated rings. The molecular formula is C14H23N3. The lowest BCUT2D eigenvalue weighted by Gasteiger charge is -2.26. The minimum Gasteiger partial charge on any atom is -0.357 e. The van der Waals surface area contributed by atoms with Crippen LogP contribution in [0.5, 0.6) is 0 Å². The van der Waals surface area contributed by atoms with Crippen LogP contribution in [-0.4, -0.2) is 18.1 Å². The van der Waals surface area contributed by atoms with Gasteiger partial charge in [0.1, 0.15) is 5.82 Å². The van der Waals surface area contributed by atoms with E-state index in [1.54, 1.807) is 0 Å². The molecule has 0 spiro atoms. The first-order valence-electron chi connectivity index (χ1n) is 6.74. The van der Waals surface area contributed by atoms with Gasteiger partial charge in [-0.25, -0.2) is 4.98 Å². The van der Waals surface area contributed by atoms with Gasteiger partial charge in [-0.2, -0.15) is 0 Å². The predicted molar refractivity (Wildman–Crippen MR) is 72.1 cm³/mol. The maximum Gasteiger partial charge on any atom is 0.128 e. The van der Waals surface area contributed by atoms with Gasteiger partial charge in [-0.1, -0.05) is 25.3 Å². The summed E-state index contributed by atoms with van der Waals surface area (Å²) in [6, 6.07) is 4.29. The van der Waals surface area contributed by atoms with E-state index >= 15 is 0 Å². The van der Waals surface area contributed by atoms with Crippen molar-refractivity contribution >= 4 is 5.82 Å². The first-order valence-corrected chi connectivity index (χ1v) is 6.74. The number of anilines is 1. The van der Waals surface area contributed by atoms with E-state index < -0.39 is 0 Å². The van der Waals surface area contributed by atoms with E-state index in [1.807, 2.05) is 13.1 Å². The highest BCUT2D eigenvalue weighted by Gasteiger charge is 2.10. The van der Waals surface area contributed by atoms with Crippen LogP contribution in [0.4, 0.5) is 5.82 Å². The van der Waals surface area contributed by atoms with Crippen molar-refractivity contribution < 1.29 is 0 Å². The minimum atomic E-state index is 0.0730. The summed E-state index contributed by atoms with van der Waals surface area (Å²) in [4.78, 5) is 6.95. The van der Waals surface area contributed by atoms with Gasteiger partial charge in [0.25, 0.3) is 0 Å². The molecule has 3 nitrogen and oxygen atoms in total. The summed E-state index contributed by atoms with van der Waals surface area (Å²) >= 11 is 0. The quantitative estimate of drug-likeness (QED) is 0.854. The summed E-state index contributed by atoms with van der Waals surface area (Å²) in [5.41, 5.74) is 6.95. The van der Waals surface area contributed by atoms with Gasteiger partial charge in [-0.3, -0.25) is 0 Å². The van der Waals surface area contributed by atoms with Crippen LogP contribution in [0.25, 0.3) is 0 Å². The van der Waals surface area contributed by atoms with Crippen molar-refractivity contribution in [1.29, 1.82) is 0 Å². The highest BCUT2D eigenvalue weighted by molar-refractivity contribution is 5.39. The van der Waals surface area contributed by atoms with Gasteiger partial charge in [0.05, 0.1) is 0 Å². The lowest BCUT2D eigenvalue weighted by atomic mass is 10.1. The third kappa shape index (κ3) is 3.43. The van der Waals surface area contributed by atoms with Gasteiger partial charge in [-0.15, -0.1) is 0 Å². The van der Waals surface area contributed by atoms with Gasteiger partial charge in [0.2, 0.25) is 0 Å². The van der Waals surface area contributed by atoms with Gasteiger partial charge in [0, 0.05) is 25.3 Å². The molecule has 3 heteroatoms. The zero-order valence-electron chi connectivity index (χ0n) is 10.7. The van der Waals surface area contributed by atoms with E-state index in [0.29, 0.717) is 0 Å². The number of rotatable bonds is 2. The molecule has 1 aromatic rings. The first-order chi connectivity index (χ1) is 8.27. The molecule has 1 aromatic heterocycles. The van der Waals surface area contributed by atoms with Gasteiger partial charge < -0.3 is 10.6 Å². The van der Waals surface area contributed by atoms with Crippen molar-refractivity contribution in [3.8, 4) is 0 Å². The average Bonchev–Trinajstić information content (AvgIpc) is 2.29. The van der Waals surface area contributed by atoms with Crippen LogP contribution in [0.15, 0.2) is 18.3 Å². The van der Waals surface area contributed by atoms with Crippen molar-refractivity contribution in [2.75, 3.05) is 18.0 Å². The Bertz CT molecular complexity index is 324. The SMILES string of the molecule is C[C@H](N)c1ccc(N2CCCCCCC2)nc1. The lowest BCUT2D eigenvalue weighted by Crippen LogP contribution is -2.27. The van der Waals surface area contributed by atoms with Crippen molar-refractivity contribution in [1.82, 2.24) is 4.98 Å². The second-order valence-corrected chi connectivity index (χ2v) is 4.99. The summed E-state index contributed by atoms with van der Waals surface area (Å²) in [7, 11) is 0. The predicted octanol–water partition coefficient (Wildman–Crippen LogP) is 2.87. The molecule has 2 N–H and O–H groups in total. The van der Waals surface area contributed by atoms with Crippen LogP contribution in [-0.2, 0) is 0 Å². The number of aromatic nitrogens is 1. The van der Waals surface area contributed by atoms with E-state index in [4.69, 9.17) is 5.73 Å². The monoisotopic (exact) mass is 233 g/mol. The molecule has 17 heavy (non-hydrogen) atoms. The Balaban J connectivity index is 2.04. The van der Waals surface area contributed by atoms with Crippen LogP contribution in [0.2, 0.25) is 0 Å². The standard InChI is InChI=1S/C14H23N3/c1-12(15)13-7-8-14(16-11-13)17-9-5-3-2-4-6-10-17/h7-8,11-12H,2-6,9-10,15H2,1H3/t12-/m0/s1. The topological polar surface area (TPSA) is 42.1 Å². The summed E-state index contributed by atoms with van der Waals surface area (Å²) < 4.78 is 0. The van der Waals surface area contributed by atoms with E-state index in [-0.39, 0.29) is 6.04 Å². The van der Waals surface area contributed by atoms with Crippen molar-refractivity contribution in [3.05, 3.63) is 23.9 Å². The van der Waals surface area contributed by atoms with Crippen LogP contribution < -0.4 is 10.6 Å². The molecule has 94 valence electrons. The Morgan fingerprint density at radius 2 is 1.76 bits per heavy atom. The summed E-state index contributed by atoms with van der Waals surface area (Å²) in [6.07, 6.45) is 8.60. The van der Waals surface area contributed by atoms with E-state index in [1.165, 1.54) is 32.1 Å². The molecule has 1 aliphatic rings. The van der Waals surface area contributed by atoms with Gasteiger partial charge >= 0.3 is 0 Å². The fraction of sp³-hybridized carbons (Fsp3) is 0.643. The second-order valence-electron chi connectivity index (χ2n) is 4.99. The van der Waals surface area contributed by atoms with E-state index in [2.05, 4.69) is 22.0 Å². The Morgan fingerprint density at radius 1 is 1.12 bits per heavy atom. The highest BCUT2D eigenvalue weighted by atomic mass is 15.2. The first kappa shape index (κ1) is 12.4. The van der Waals surface area contributed by atoms with Crippen molar-refractivity contribution in [2.45, 2.75) is 45.1 Å². The average molecular weight is 233 g/mol. The Hall–Kier alpha value is -1.09. The summed E-state index contributed by atoms with van der Waals surface area (Å²) in [5.74, 6) is 1.11. The number of hydrogen-bond acceptors (Lipinski definition) is 3. The molecule has 1 atom stereocenters. The van der Waals surface area contributed by atoms with Gasteiger partial charge in [-0.05, 0) is 31.4 Å². The third-order valence-corrected chi connectivity index (χ3v) is 3.48. The molecule has 0 bridgehead atoms. The summed E-state index contributed by atoms with van der Waals surface area (Å²) in [5, 5.41) is 0. The number of nitrogens with two attached hydrogens (primary N) is 1. The zero-order valence-corrected chi connectivity index (χ0v) is 10.7. The largest absolute Gasteiger partial charge is 0.357 e. The maximum atomic E-state index is 5.83. The number of hydrogen-bond donors (Lipinski definition) is 1. The zero-order chi connectivity index (χ0) is 12.1. The minimum absolute atomic E-state index is 0.0730. The molecule has 0 aliphatic carbocycles. The highest BCUT2D eigenvalue weighted by Crippen LogP contribution is 2.18. The Labute approximate surface area is 104 Å². The lowest BCUT2D eigenvalue weighted by molar-refractivity contribution is 0.553. The summed E-state index contributed by atoms with van der Waals surface area (Å²) in [6.45, 7) is 4.28. The van der Waals surface area contributed by atoms with E-state index in [9.17, 15) is 0 Å². The second kappa shape index (κ2) is 6.01. The van der Waals surface area contributed by atoms with Crippen molar-refractivity contribution in [2.24, 2.45) is 5.73 Å². The van der Waals surface area contributed by atoms with Crippen LogP contribution in [0.1, 0.15) is 50.6 Å². The van der Waals surface area contributed by atoms with Crippen LogP contribution >= 0.6 is 0 Å². The smallest absolute Gasteiger partial charge is 0.128 e. The number of nitrogens with zero attached hydrogens (tertiary/aromatic N) is 2. The number of pyridine rings is 1. The normalized spacial score (nSPS) is 19.5. The fourth-order valence-corrected chi connectivity index (χ4v) is 2.33. The molecule has 0 unspecified atom stereocenters. The molecule has 0 saturated carbocycles. The molecule has 2 heterocycles. The Kier molecular flexibility index (Phi) is 4.37. The van der Waals surface area contributed by atoms with Crippen LogP contribution in [0, 0.1) is 0 Å². The van der Waals surface area contributed by atoms with E-state index in [0.717, 1.165) is 24.5 Å². The fourth-order valence-electron chi connectivity index (χ4n) is 2.33. The third-order valence-electron chi connectivity index (χ3n) is 3.48. The molecule has 1 aliphatic heterocycles.